The molecule has 4 aliphatic rings. The Morgan fingerprint density at radius 2 is 2.22 bits per heavy atom. The zero-order chi connectivity index (χ0) is 18.3. The maximum Gasteiger partial charge on any atom is 0.174 e. The number of hydrogen-bond acceptors (Lipinski definition) is 4. The summed E-state index contributed by atoms with van der Waals surface area (Å²) >= 11 is 0. The summed E-state index contributed by atoms with van der Waals surface area (Å²) in [4.78, 5) is 12.9. The lowest BCUT2D eigenvalue weighted by Gasteiger charge is -2.65. The van der Waals surface area contributed by atoms with E-state index in [2.05, 4.69) is 13.6 Å². The topological polar surface area (TPSA) is 55.8 Å². The summed E-state index contributed by atoms with van der Waals surface area (Å²) in [5.74, 6) is 0.792. The first-order chi connectivity index (χ1) is 12.4. The number of likely N-dealkylation sites (tertiary alicyclic amines) is 1. The van der Waals surface area contributed by atoms with E-state index < -0.39 is 17.1 Å². The number of halogens is 1. The molecule has 2 aliphatic carbocycles. The van der Waals surface area contributed by atoms with E-state index in [9.17, 15) is 9.90 Å². The van der Waals surface area contributed by atoms with Gasteiger partial charge in [-0.05, 0) is 24.1 Å². The van der Waals surface area contributed by atoms with E-state index in [1.807, 2.05) is 12.1 Å². The Bertz CT molecular complexity index is 842. The Labute approximate surface area is 176 Å². The minimum Gasteiger partial charge on any atom is -1.00 e. The lowest BCUT2D eigenvalue weighted by atomic mass is 9.48. The maximum absolute atomic E-state index is 12.9. The molecule has 1 aromatic carbocycles. The van der Waals surface area contributed by atoms with Crippen LogP contribution in [0.15, 0.2) is 24.8 Å². The number of phenolic OH excluding ortho intramolecular Hbond substituents is 1. The summed E-state index contributed by atoms with van der Waals surface area (Å²) in [6.45, 7) is 5.81. The molecule has 1 N–H and O–H groups in total. The van der Waals surface area contributed by atoms with Crippen LogP contribution >= 0.6 is 0 Å². The van der Waals surface area contributed by atoms with Crippen LogP contribution in [0.4, 0.5) is 0 Å². The smallest absolute Gasteiger partial charge is 0.174 e. The molecule has 6 heteroatoms. The Morgan fingerprint density at radius 3 is 2.93 bits per heavy atom. The first kappa shape index (κ1) is 19.2. The molecule has 0 unspecified atom stereocenters. The number of carbonyl (C=O) groups excluding carboxylic acids is 1. The van der Waals surface area contributed by atoms with Crippen molar-refractivity contribution in [3.8, 4) is 11.5 Å². The molecule has 2 fully saturated rings. The monoisotopic (exact) mass is 483 g/mol. The molecule has 1 spiro atoms. The first-order valence-corrected chi connectivity index (χ1v) is 9.48. The summed E-state index contributed by atoms with van der Waals surface area (Å²) < 4.78 is 13.4. The van der Waals surface area contributed by atoms with Gasteiger partial charge in [0, 0.05) is 31.9 Å². The van der Waals surface area contributed by atoms with Gasteiger partial charge in [-0.3, -0.25) is 4.79 Å². The average molecular weight is 483 g/mol. The number of methoxy groups -OCH3 is 1. The normalized spacial score (nSPS) is 40.6. The lowest BCUT2D eigenvalue weighted by Crippen LogP contribution is -3.00. The van der Waals surface area contributed by atoms with E-state index in [0.717, 1.165) is 36.0 Å². The minimum atomic E-state index is -0.543. The molecule has 146 valence electrons. The summed E-state index contributed by atoms with van der Waals surface area (Å²) in [7, 11) is 4.07. The van der Waals surface area contributed by atoms with Gasteiger partial charge in [0.25, 0.3) is 0 Å². The van der Waals surface area contributed by atoms with Crippen LogP contribution < -0.4 is 28.7 Å². The third kappa shape index (κ3) is 1.99. The second-order valence-corrected chi connectivity index (χ2v) is 8.62. The number of nitrogens with zero attached hydrogens (tertiary/aromatic N) is 1. The minimum absolute atomic E-state index is 0. The van der Waals surface area contributed by atoms with E-state index in [0.29, 0.717) is 18.6 Å². The van der Waals surface area contributed by atoms with Crippen LogP contribution in [0.1, 0.15) is 30.4 Å². The van der Waals surface area contributed by atoms with Crippen LogP contribution in [0.5, 0.6) is 11.5 Å². The number of hydrogen-bond donors (Lipinski definition) is 1. The van der Waals surface area contributed by atoms with Gasteiger partial charge in [-0.15, -0.1) is 0 Å². The number of benzene rings is 1. The standard InChI is InChI=1S/C21H25NO4.HI/c1-4-10-22(2)11-9-20-17-13-5-6-14(23)18(17)26-19(20)15(24)7-8-21(20,25-3)16(22)12-13;/h4-6,16,19H,1,7-12H2,2-3H3;1H/t16-,19+,20+,21-,22+;/m1./s1. The predicted molar refractivity (Wildman–Crippen MR) is 96.4 cm³/mol. The van der Waals surface area contributed by atoms with E-state index >= 15 is 0 Å². The molecule has 2 aliphatic heterocycles. The Hall–Kier alpha value is -1.12. The third-order valence-electron chi connectivity index (χ3n) is 7.77. The van der Waals surface area contributed by atoms with Crippen molar-refractivity contribution < 1.29 is 47.8 Å². The molecule has 2 bridgehead atoms. The van der Waals surface area contributed by atoms with Crippen LogP contribution in [-0.2, 0) is 21.4 Å². The van der Waals surface area contributed by atoms with Crippen LogP contribution in [0.2, 0.25) is 0 Å². The molecule has 0 amide bonds. The number of rotatable bonds is 3. The van der Waals surface area contributed by atoms with E-state index in [-0.39, 0.29) is 41.6 Å². The molecule has 5 nitrogen and oxygen atoms in total. The quantitative estimate of drug-likeness (QED) is 0.344. The molecule has 5 rings (SSSR count). The Balaban J connectivity index is 0.00000180. The average Bonchev–Trinajstić information content (AvgIpc) is 2.99. The van der Waals surface area contributed by atoms with Crippen LogP contribution in [-0.4, -0.2) is 60.4 Å². The fourth-order valence-electron chi connectivity index (χ4n) is 6.73. The highest BCUT2D eigenvalue weighted by molar-refractivity contribution is 5.90. The second kappa shape index (κ2) is 5.94. The van der Waals surface area contributed by atoms with Gasteiger partial charge >= 0.3 is 0 Å². The van der Waals surface area contributed by atoms with Crippen molar-refractivity contribution >= 4 is 5.78 Å². The number of carbonyl (C=O) groups is 1. The fraction of sp³-hybridized carbons (Fsp3) is 0.571. The Morgan fingerprint density at radius 1 is 1.44 bits per heavy atom. The van der Waals surface area contributed by atoms with Crippen molar-refractivity contribution in [3.05, 3.63) is 35.9 Å². The van der Waals surface area contributed by atoms with Crippen LogP contribution in [0.3, 0.4) is 0 Å². The Kier molecular flexibility index (Phi) is 4.22. The number of likely N-dealkylation sites (N-methyl/N-ethyl adjacent to an activating group) is 1. The molecule has 2 heterocycles. The van der Waals surface area contributed by atoms with Crippen molar-refractivity contribution in [2.24, 2.45) is 0 Å². The number of Topliss-reactive ketones (excluding diaryl/α,β-unsaturated/α-hetero) is 1. The van der Waals surface area contributed by atoms with Gasteiger partial charge in [-0.25, -0.2) is 0 Å². The largest absolute Gasteiger partial charge is 1.00 e. The van der Waals surface area contributed by atoms with E-state index in [1.165, 1.54) is 5.56 Å². The van der Waals surface area contributed by atoms with Gasteiger partial charge in [0.2, 0.25) is 0 Å². The molecule has 1 saturated heterocycles. The molecule has 1 aromatic rings. The molecule has 1 saturated carbocycles. The SMILES string of the molecule is C=CC[N@@+]1(C)CC[C@]23c4c5ccc(O)c4O[C@H]2C(=O)CC[C@@]3(OC)[C@H]1C5.[I-]. The highest BCUT2D eigenvalue weighted by atomic mass is 127. The highest BCUT2D eigenvalue weighted by Gasteiger charge is 2.77. The van der Waals surface area contributed by atoms with Crippen molar-refractivity contribution in [1.82, 2.24) is 0 Å². The molecular formula is C21H26INO4. The van der Waals surface area contributed by atoms with Crippen molar-refractivity contribution in [2.75, 3.05) is 27.2 Å². The van der Waals surface area contributed by atoms with Crippen molar-refractivity contribution in [1.29, 1.82) is 0 Å². The maximum atomic E-state index is 12.9. The highest BCUT2D eigenvalue weighted by Crippen LogP contribution is 2.66. The van der Waals surface area contributed by atoms with E-state index in [4.69, 9.17) is 9.47 Å². The van der Waals surface area contributed by atoms with Crippen LogP contribution in [0.25, 0.3) is 0 Å². The van der Waals surface area contributed by atoms with Gasteiger partial charge in [-0.1, -0.05) is 12.6 Å². The first-order valence-electron chi connectivity index (χ1n) is 9.48. The number of quaternary nitrogens is 1. The summed E-state index contributed by atoms with van der Waals surface area (Å²) in [5.41, 5.74) is 1.30. The summed E-state index contributed by atoms with van der Waals surface area (Å²) in [6.07, 6.45) is 4.32. The van der Waals surface area contributed by atoms with Crippen molar-refractivity contribution in [2.45, 2.75) is 48.8 Å². The number of phenols is 1. The predicted octanol–water partition coefficient (Wildman–Crippen LogP) is -0.896. The summed E-state index contributed by atoms with van der Waals surface area (Å²) in [5, 5.41) is 10.4. The molecular weight excluding hydrogens is 457 g/mol. The van der Waals surface area contributed by atoms with Gasteiger partial charge in [0.1, 0.15) is 11.6 Å². The van der Waals surface area contributed by atoms with Gasteiger partial charge < -0.3 is 43.0 Å². The zero-order valence-electron chi connectivity index (χ0n) is 15.8. The molecule has 0 radical (unpaired) electrons. The summed E-state index contributed by atoms with van der Waals surface area (Å²) in [6, 6.07) is 3.96. The lowest BCUT2D eigenvalue weighted by molar-refractivity contribution is -0.944. The number of aromatic hydroxyl groups is 1. The molecule has 0 aromatic heterocycles. The van der Waals surface area contributed by atoms with Crippen molar-refractivity contribution in [3.63, 3.8) is 0 Å². The number of ether oxygens (including phenoxy) is 2. The van der Waals surface area contributed by atoms with Gasteiger partial charge in [0.05, 0.1) is 25.6 Å². The molecule has 5 atom stereocenters. The van der Waals surface area contributed by atoms with Crippen LogP contribution in [0, 0.1) is 0 Å². The molecule has 27 heavy (non-hydrogen) atoms. The fourth-order valence-corrected chi connectivity index (χ4v) is 6.73. The van der Waals surface area contributed by atoms with E-state index in [1.54, 1.807) is 13.2 Å². The second-order valence-electron chi connectivity index (χ2n) is 8.62. The van der Waals surface area contributed by atoms with Gasteiger partial charge in [0.15, 0.2) is 23.4 Å². The number of piperidine rings is 1. The number of ketones is 1. The zero-order valence-corrected chi connectivity index (χ0v) is 18.0. The van der Waals surface area contributed by atoms with Gasteiger partial charge in [-0.2, -0.15) is 0 Å². The third-order valence-corrected chi connectivity index (χ3v) is 7.77.